The molecule has 0 saturated heterocycles. The Morgan fingerprint density at radius 1 is 1.04 bits per heavy atom. The van der Waals surface area contributed by atoms with Crippen LogP contribution in [0.2, 0.25) is 0 Å². The van der Waals surface area contributed by atoms with Gasteiger partial charge in [-0.25, -0.2) is 9.79 Å². The molecule has 0 bridgehead atoms. The van der Waals surface area contributed by atoms with E-state index >= 15 is 0 Å². The van der Waals surface area contributed by atoms with Crippen molar-refractivity contribution in [1.29, 1.82) is 0 Å². The second kappa shape index (κ2) is 6.11. The topological polar surface area (TPSA) is 47.9 Å². The molecule has 0 radical (unpaired) electrons. The number of esters is 1. The fourth-order valence-corrected chi connectivity index (χ4v) is 3.57. The van der Waals surface area contributed by atoms with E-state index in [4.69, 9.17) is 9.47 Å². The van der Waals surface area contributed by atoms with Gasteiger partial charge in [0, 0.05) is 5.92 Å². The number of methoxy groups -OCH3 is 1. The molecule has 4 nitrogen and oxygen atoms in total. The van der Waals surface area contributed by atoms with Crippen LogP contribution in [0.25, 0.3) is 11.1 Å². The predicted molar refractivity (Wildman–Crippen MR) is 92.0 cm³/mol. The molecule has 1 atom stereocenters. The largest absolute Gasteiger partial charge is 0.478 e. The van der Waals surface area contributed by atoms with Crippen molar-refractivity contribution in [3.8, 4) is 11.1 Å². The van der Waals surface area contributed by atoms with Gasteiger partial charge in [0.25, 0.3) is 0 Å². The number of carbonyl (C=O) groups is 1. The molecule has 24 heavy (non-hydrogen) atoms. The van der Waals surface area contributed by atoms with Crippen LogP contribution in [0.3, 0.4) is 0 Å². The van der Waals surface area contributed by atoms with E-state index < -0.39 is 6.04 Å². The molecule has 0 saturated carbocycles. The molecule has 1 aliphatic carbocycles. The maximum absolute atomic E-state index is 11.7. The summed E-state index contributed by atoms with van der Waals surface area (Å²) in [5, 5.41) is 0. The first-order chi connectivity index (χ1) is 11.8. The monoisotopic (exact) mass is 321 g/mol. The zero-order valence-electron chi connectivity index (χ0n) is 13.6. The minimum Gasteiger partial charge on any atom is -0.478 e. The second-order valence-corrected chi connectivity index (χ2v) is 6.24. The number of hydrogen-bond acceptors (Lipinski definition) is 4. The minimum atomic E-state index is -0.529. The van der Waals surface area contributed by atoms with Gasteiger partial charge in [-0.05, 0) is 35.1 Å². The van der Waals surface area contributed by atoms with Crippen LogP contribution in [-0.4, -0.2) is 31.6 Å². The highest BCUT2D eigenvalue weighted by atomic mass is 16.5. The van der Waals surface area contributed by atoms with E-state index in [2.05, 4.69) is 53.5 Å². The number of nitrogens with zero attached hydrogens (tertiary/aromatic N) is 1. The Balaban J connectivity index is 1.72. The van der Waals surface area contributed by atoms with Crippen molar-refractivity contribution < 1.29 is 14.3 Å². The molecule has 122 valence electrons. The summed E-state index contributed by atoms with van der Waals surface area (Å²) in [6, 6.07) is 16.4. The highest BCUT2D eigenvalue weighted by molar-refractivity contribution is 5.88. The van der Waals surface area contributed by atoms with Gasteiger partial charge in [-0.15, -0.1) is 0 Å². The summed E-state index contributed by atoms with van der Waals surface area (Å²) in [5.74, 6) is 0.487. The van der Waals surface area contributed by atoms with E-state index in [0.29, 0.717) is 5.90 Å². The molecule has 0 unspecified atom stereocenters. The van der Waals surface area contributed by atoms with Gasteiger partial charge >= 0.3 is 5.97 Å². The standard InChI is InChI=1S/C20H19NO3/c1-23-20(22)18-12-24-19(21-18)15-10-13-6-2-4-8-16(13)17-9-5-3-7-14(17)11-15/h2-9,15,18H,10-12H2,1H3/t18-/m0/s1. The average Bonchev–Trinajstić information content (AvgIpc) is 3.05. The molecule has 1 aliphatic heterocycles. The molecule has 0 aromatic heterocycles. The van der Waals surface area contributed by atoms with Gasteiger partial charge in [0.2, 0.25) is 0 Å². The number of aliphatic imine (C=N–C) groups is 1. The molecular weight excluding hydrogens is 302 g/mol. The summed E-state index contributed by atoms with van der Waals surface area (Å²) in [7, 11) is 1.38. The summed E-state index contributed by atoms with van der Waals surface area (Å²) in [5.41, 5.74) is 5.14. The predicted octanol–water partition coefficient (Wildman–Crippen LogP) is 3.04. The number of hydrogen-bond donors (Lipinski definition) is 0. The first-order valence-electron chi connectivity index (χ1n) is 8.21. The maximum Gasteiger partial charge on any atom is 0.334 e. The lowest BCUT2D eigenvalue weighted by atomic mass is 9.95. The minimum absolute atomic E-state index is 0.143. The van der Waals surface area contributed by atoms with Crippen LogP contribution in [0.4, 0.5) is 0 Å². The molecule has 2 aliphatic rings. The van der Waals surface area contributed by atoms with Crippen molar-refractivity contribution >= 4 is 11.9 Å². The SMILES string of the molecule is COC(=O)[C@@H]1COC(C2Cc3ccccc3-c3ccccc3C2)=N1. The van der Waals surface area contributed by atoms with E-state index in [1.165, 1.54) is 29.4 Å². The van der Waals surface area contributed by atoms with Crippen LogP contribution >= 0.6 is 0 Å². The van der Waals surface area contributed by atoms with Crippen molar-refractivity contribution in [2.75, 3.05) is 13.7 Å². The van der Waals surface area contributed by atoms with Crippen LogP contribution in [0.1, 0.15) is 11.1 Å². The van der Waals surface area contributed by atoms with Crippen LogP contribution in [0, 0.1) is 5.92 Å². The second-order valence-electron chi connectivity index (χ2n) is 6.24. The number of rotatable bonds is 2. The van der Waals surface area contributed by atoms with Crippen LogP contribution in [0.15, 0.2) is 53.5 Å². The van der Waals surface area contributed by atoms with Crippen molar-refractivity contribution in [2.24, 2.45) is 10.9 Å². The molecule has 4 rings (SSSR count). The molecule has 0 spiro atoms. The zero-order chi connectivity index (χ0) is 16.5. The van der Waals surface area contributed by atoms with Gasteiger partial charge in [-0.2, -0.15) is 0 Å². The lowest BCUT2D eigenvalue weighted by molar-refractivity contribution is -0.142. The van der Waals surface area contributed by atoms with Crippen molar-refractivity contribution in [3.63, 3.8) is 0 Å². The summed E-state index contributed by atoms with van der Waals surface area (Å²) >= 11 is 0. The van der Waals surface area contributed by atoms with Gasteiger partial charge in [0.15, 0.2) is 11.9 Å². The van der Waals surface area contributed by atoms with Crippen LogP contribution in [0.5, 0.6) is 0 Å². The lowest BCUT2D eigenvalue weighted by Gasteiger charge is -2.14. The van der Waals surface area contributed by atoms with Crippen LogP contribution in [-0.2, 0) is 27.1 Å². The normalized spacial score (nSPS) is 19.5. The fourth-order valence-electron chi connectivity index (χ4n) is 3.57. The maximum atomic E-state index is 11.7. The lowest BCUT2D eigenvalue weighted by Crippen LogP contribution is -2.21. The van der Waals surface area contributed by atoms with Gasteiger partial charge in [-0.3, -0.25) is 0 Å². The molecule has 2 aromatic rings. The Morgan fingerprint density at radius 2 is 1.62 bits per heavy atom. The first kappa shape index (κ1) is 14.9. The Morgan fingerprint density at radius 3 is 2.21 bits per heavy atom. The van der Waals surface area contributed by atoms with E-state index in [0.717, 1.165) is 12.8 Å². The summed E-state index contributed by atoms with van der Waals surface area (Å²) in [6.07, 6.45) is 1.72. The van der Waals surface area contributed by atoms with Crippen LogP contribution < -0.4 is 0 Å². The molecule has 0 amide bonds. The van der Waals surface area contributed by atoms with E-state index in [1.807, 2.05) is 0 Å². The zero-order valence-corrected chi connectivity index (χ0v) is 13.6. The van der Waals surface area contributed by atoms with Gasteiger partial charge in [-0.1, -0.05) is 48.5 Å². The molecule has 2 aromatic carbocycles. The Bertz CT molecular complexity index is 765. The average molecular weight is 321 g/mol. The number of carbonyl (C=O) groups excluding carboxylic acids is 1. The molecule has 4 heteroatoms. The van der Waals surface area contributed by atoms with E-state index in [9.17, 15) is 4.79 Å². The highest BCUT2D eigenvalue weighted by Gasteiger charge is 2.32. The summed E-state index contributed by atoms with van der Waals surface area (Å²) in [4.78, 5) is 16.2. The van der Waals surface area contributed by atoms with E-state index in [1.54, 1.807) is 0 Å². The van der Waals surface area contributed by atoms with Crippen molar-refractivity contribution in [1.82, 2.24) is 0 Å². The first-order valence-corrected chi connectivity index (χ1v) is 8.21. The quantitative estimate of drug-likeness (QED) is 0.799. The third kappa shape index (κ3) is 2.58. The fraction of sp³-hybridized carbons (Fsp3) is 0.300. The molecule has 0 fully saturated rings. The number of benzene rings is 2. The highest BCUT2D eigenvalue weighted by Crippen LogP contribution is 2.35. The Labute approximate surface area is 141 Å². The smallest absolute Gasteiger partial charge is 0.334 e. The van der Waals surface area contributed by atoms with Gasteiger partial charge < -0.3 is 9.47 Å². The Kier molecular flexibility index (Phi) is 3.81. The number of ether oxygens (including phenoxy) is 2. The third-order valence-electron chi connectivity index (χ3n) is 4.75. The number of fused-ring (bicyclic) bond motifs is 3. The van der Waals surface area contributed by atoms with Gasteiger partial charge in [0.05, 0.1) is 7.11 Å². The third-order valence-corrected chi connectivity index (χ3v) is 4.75. The summed E-state index contributed by atoms with van der Waals surface area (Å²) < 4.78 is 10.5. The summed E-state index contributed by atoms with van der Waals surface area (Å²) in [6.45, 7) is 0.280. The van der Waals surface area contributed by atoms with Crippen molar-refractivity contribution in [2.45, 2.75) is 18.9 Å². The molecule has 1 heterocycles. The Hall–Kier alpha value is -2.62. The van der Waals surface area contributed by atoms with Gasteiger partial charge in [0.1, 0.15) is 6.61 Å². The molecular formula is C20H19NO3. The van der Waals surface area contributed by atoms with Crippen molar-refractivity contribution in [3.05, 3.63) is 59.7 Å². The molecule has 0 N–H and O–H groups in total. The van der Waals surface area contributed by atoms with E-state index in [-0.39, 0.29) is 18.5 Å².